The van der Waals surface area contributed by atoms with Crippen LogP contribution in [-0.4, -0.2) is 20.5 Å². The predicted octanol–water partition coefficient (Wildman–Crippen LogP) is 3.67. The molecule has 1 aromatic carbocycles. The van der Waals surface area contributed by atoms with Gasteiger partial charge in [0.15, 0.2) is 0 Å². The number of thiazole rings is 1. The fraction of sp³-hybridized carbons (Fsp3) is 0.0556. The second-order valence-electron chi connectivity index (χ2n) is 5.56. The molecule has 0 unspecified atom stereocenters. The Hall–Kier alpha value is -3.06. The molecule has 0 saturated carbocycles. The first-order valence-corrected chi connectivity index (χ1v) is 8.37. The van der Waals surface area contributed by atoms with E-state index < -0.39 is 5.91 Å². The number of nitrogens with two attached hydrogens (primary N) is 1. The van der Waals surface area contributed by atoms with Crippen LogP contribution >= 0.6 is 11.3 Å². The van der Waals surface area contributed by atoms with Gasteiger partial charge in [-0.3, -0.25) is 4.79 Å². The molecule has 4 aromatic rings. The van der Waals surface area contributed by atoms with E-state index in [1.165, 1.54) is 23.5 Å². The first-order chi connectivity index (χ1) is 12.0. The number of aromatic nitrogens is 3. The maximum absolute atomic E-state index is 13.2. The van der Waals surface area contributed by atoms with Crippen molar-refractivity contribution in [2.45, 2.75) is 6.92 Å². The molecule has 124 valence electrons. The number of nitrogens with zero attached hydrogens (tertiary/aromatic N) is 3. The first kappa shape index (κ1) is 15.5. The van der Waals surface area contributed by atoms with Crippen LogP contribution in [0.25, 0.3) is 27.3 Å². The zero-order valence-corrected chi connectivity index (χ0v) is 14.0. The molecule has 0 aliphatic heterocycles. The Bertz CT molecular complexity index is 1100. The minimum absolute atomic E-state index is 0.344. The number of pyridine rings is 1. The molecule has 25 heavy (non-hydrogen) atoms. The van der Waals surface area contributed by atoms with Crippen molar-refractivity contribution in [1.82, 2.24) is 14.6 Å². The molecule has 4 rings (SSSR count). The molecule has 5 nitrogen and oxygen atoms in total. The molecule has 2 N–H and O–H groups in total. The number of carbonyl (C=O) groups is 1. The van der Waals surface area contributed by atoms with Gasteiger partial charge in [-0.15, -0.1) is 11.3 Å². The zero-order chi connectivity index (χ0) is 17.6. The fourth-order valence-corrected chi connectivity index (χ4v) is 3.82. The van der Waals surface area contributed by atoms with Crippen LogP contribution in [0.15, 0.2) is 48.7 Å². The van der Waals surface area contributed by atoms with E-state index in [9.17, 15) is 9.18 Å². The van der Waals surface area contributed by atoms with E-state index in [1.54, 1.807) is 16.6 Å². The van der Waals surface area contributed by atoms with E-state index in [2.05, 4.69) is 10.1 Å². The number of carbonyl (C=O) groups excluding carboxylic acids is 1. The van der Waals surface area contributed by atoms with Crippen LogP contribution < -0.4 is 5.73 Å². The summed E-state index contributed by atoms with van der Waals surface area (Å²) in [4.78, 5) is 16.9. The van der Waals surface area contributed by atoms with Crippen LogP contribution in [0.5, 0.6) is 0 Å². The Morgan fingerprint density at radius 2 is 1.96 bits per heavy atom. The fourth-order valence-electron chi connectivity index (χ4n) is 2.78. The number of hydrogen-bond donors (Lipinski definition) is 1. The van der Waals surface area contributed by atoms with E-state index in [1.807, 2.05) is 31.3 Å². The molecule has 0 bridgehead atoms. The van der Waals surface area contributed by atoms with Crippen molar-refractivity contribution in [2.24, 2.45) is 5.73 Å². The molecule has 0 aliphatic rings. The van der Waals surface area contributed by atoms with Crippen molar-refractivity contribution in [1.29, 1.82) is 0 Å². The summed E-state index contributed by atoms with van der Waals surface area (Å²) in [5.74, 6) is -0.907. The van der Waals surface area contributed by atoms with E-state index >= 15 is 0 Å². The number of halogens is 1. The van der Waals surface area contributed by atoms with E-state index in [0.717, 1.165) is 16.8 Å². The average molecular weight is 352 g/mol. The van der Waals surface area contributed by atoms with Gasteiger partial charge in [-0.1, -0.05) is 6.07 Å². The van der Waals surface area contributed by atoms with Gasteiger partial charge in [0, 0.05) is 11.8 Å². The van der Waals surface area contributed by atoms with Gasteiger partial charge in [0.1, 0.15) is 15.7 Å². The third-order valence-electron chi connectivity index (χ3n) is 3.90. The van der Waals surface area contributed by atoms with Crippen molar-refractivity contribution >= 4 is 22.8 Å². The number of fused-ring (bicyclic) bond motifs is 1. The van der Waals surface area contributed by atoms with Crippen LogP contribution in [0.1, 0.15) is 15.4 Å². The van der Waals surface area contributed by atoms with Crippen molar-refractivity contribution in [3.8, 4) is 21.8 Å². The lowest BCUT2D eigenvalue weighted by molar-refractivity contribution is 0.100. The van der Waals surface area contributed by atoms with Gasteiger partial charge in [-0.25, -0.2) is 13.9 Å². The quantitative estimate of drug-likeness (QED) is 0.611. The summed E-state index contributed by atoms with van der Waals surface area (Å²) >= 11 is 1.22. The monoisotopic (exact) mass is 352 g/mol. The van der Waals surface area contributed by atoms with Crippen molar-refractivity contribution in [3.63, 3.8) is 0 Å². The highest BCUT2D eigenvalue weighted by Gasteiger charge is 2.21. The van der Waals surface area contributed by atoms with Gasteiger partial charge in [0.25, 0.3) is 5.91 Å². The molecule has 0 aliphatic carbocycles. The van der Waals surface area contributed by atoms with Crippen molar-refractivity contribution < 1.29 is 9.18 Å². The number of primary amides is 1. The maximum Gasteiger partial charge on any atom is 0.261 e. The molecule has 0 spiro atoms. The summed E-state index contributed by atoms with van der Waals surface area (Å²) in [5.41, 5.74) is 9.21. The van der Waals surface area contributed by atoms with Crippen LogP contribution in [-0.2, 0) is 0 Å². The number of amides is 1. The highest BCUT2D eigenvalue weighted by Crippen LogP contribution is 2.37. The van der Waals surface area contributed by atoms with E-state index in [0.29, 0.717) is 21.1 Å². The largest absolute Gasteiger partial charge is 0.365 e. The Labute approximate surface area is 146 Å². The topological polar surface area (TPSA) is 73.3 Å². The van der Waals surface area contributed by atoms with E-state index in [-0.39, 0.29) is 5.82 Å². The first-order valence-electron chi connectivity index (χ1n) is 7.55. The Kier molecular flexibility index (Phi) is 3.58. The summed E-state index contributed by atoms with van der Waals surface area (Å²) in [6.07, 6.45) is 1.86. The average Bonchev–Trinajstić information content (AvgIpc) is 3.15. The van der Waals surface area contributed by atoms with Crippen LogP contribution in [0, 0.1) is 12.7 Å². The molecule has 0 radical (unpaired) electrons. The van der Waals surface area contributed by atoms with Gasteiger partial charge in [0.2, 0.25) is 0 Å². The second kappa shape index (κ2) is 5.78. The lowest BCUT2D eigenvalue weighted by Crippen LogP contribution is -2.10. The number of hydrogen-bond acceptors (Lipinski definition) is 4. The van der Waals surface area contributed by atoms with Crippen LogP contribution in [0.2, 0.25) is 0 Å². The summed E-state index contributed by atoms with van der Waals surface area (Å²) < 4.78 is 15.0. The van der Waals surface area contributed by atoms with Crippen molar-refractivity contribution in [3.05, 3.63) is 65.0 Å². The highest BCUT2D eigenvalue weighted by molar-refractivity contribution is 7.17. The summed E-state index contributed by atoms with van der Waals surface area (Å²) in [6, 6.07) is 11.6. The smallest absolute Gasteiger partial charge is 0.261 e. The van der Waals surface area contributed by atoms with E-state index in [4.69, 9.17) is 5.73 Å². The number of benzene rings is 1. The summed E-state index contributed by atoms with van der Waals surface area (Å²) in [7, 11) is 0. The standard InChI is InChI=1S/C18H13FN4OS/c1-10-14(13-4-2-3-9-23(13)22-10)18-21-15(16(25-18)17(20)24)11-5-7-12(19)8-6-11/h2-9H,1H3,(H2,20,24). The molecule has 7 heteroatoms. The minimum Gasteiger partial charge on any atom is -0.365 e. The Morgan fingerprint density at radius 3 is 2.68 bits per heavy atom. The highest BCUT2D eigenvalue weighted by atomic mass is 32.1. The van der Waals surface area contributed by atoms with Crippen LogP contribution in [0.3, 0.4) is 0 Å². The number of rotatable bonds is 3. The normalized spacial score (nSPS) is 11.1. The molecular weight excluding hydrogens is 339 g/mol. The SMILES string of the molecule is Cc1nn2ccccc2c1-c1nc(-c2ccc(F)cc2)c(C(N)=O)s1. The Morgan fingerprint density at radius 1 is 1.20 bits per heavy atom. The number of aryl methyl sites for hydroxylation is 1. The van der Waals surface area contributed by atoms with Crippen molar-refractivity contribution in [2.75, 3.05) is 0 Å². The minimum atomic E-state index is -0.558. The third-order valence-corrected chi connectivity index (χ3v) is 4.98. The summed E-state index contributed by atoms with van der Waals surface area (Å²) in [5, 5.41) is 5.13. The predicted molar refractivity (Wildman–Crippen MR) is 94.9 cm³/mol. The molecular formula is C18H13FN4OS. The maximum atomic E-state index is 13.2. The molecule has 0 atom stereocenters. The lowest BCUT2D eigenvalue weighted by Gasteiger charge is -1.99. The van der Waals surface area contributed by atoms with Gasteiger partial charge >= 0.3 is 0 Å². The van der Waals surface area contributed by atoms with Crippen LogP contribution in [0.4, 0.5) is 4.39 Å². The second-order valence-corrected chi connectivity index (χ2v) is 6.56. The van der Waals surface area contributed by atoms with Gasteiger partial charge in [-0.2, -0.15) is 5.10 Å². The molecule has 0 fully saturated rings. The molecule has 1 amide bonds. The molecule has 3 heterocycles. The molecule has 0 saturated heterocycles. The van der Waals surface area contributed by atoms with Gasteiger partial charge < -0.3 is 5.73 Å². The lowest BCUT2D eigenvalue weighted by atomic mass is 10.1. The third kappa shape index (κ3) is 2.58. The van der Waals surface area contributed by atoms with Gasteiger partial charge in [0.05, 0.1) is 22.5 Å². The van der Waals surface area contributed by atoms with Gasteiger partial charge in [-0.05, 0) is 43.3 Å². The molecule has 3 aromatic heterocycles. The Balaban J connectivity index is 1.94. The zero-order valence-electron chi connectivity index (χ0n) is 13.2. The summed E-state index contributed by atoms with van der Waals surface area (Å²) in [6.45, 7) is 1.89.